The van der Waals surface area contributed by atoms with E-state index in [-0.39, 0.29) is 6.10 Å². The van der Waals surface area contributed by atoms with E-state index in [0.717, 1.165) is 12.8 Å². The Labute approximate surface area is 51.0 Å². The molecule has 1 N–H and O–H groups in total. The van der Waals surface area contributed by atoms with Gasteiger partial charge in [-0.1, -0.05) is 19.1 Å². The summed E-state index contributed by atoms with van der Waals surface area (Å²) < 4.78 is 0. The van der Waals surface area contributed by atoms with Crippen molar-refractivity contribution in [2.45, 2.75) is 32.8 Å². The molecule has 1 heteroatoms. The maximum Gasteiger partial charge on any atom is 0.0546 e. The molecule has 1 unspecified atom stereocenters. The Morgan fingerprint density at radius 2 is 2.12 bits per heavy atom. The lowest BCUT2D eigenvalue weighted by molar-refractivity contribution is 0.198. The summed E-state index contributed by atoms with van der Waals surface area (Å²) in [7, 11) is 0. The van der Waals surface area contributed by atoms with Crippen LogP contribution in [0.4, 0.5) is 0 Å². The van der Waals surface area contributed by atoms with Crippen molar-refractivity contribution in [1.29, 1.82) is 0 Å². The molecule has 0 fully saturated rings. The molecule has 0 aromatic rings. The number of hydrogen-bond donors (Lipinski definition) is 1. The molecule has 0 rings (SSSR count). The smallest absolute Gasteiger partial charge is 0.0546 e. The quantitative estimate of drug-likeness (QED) is 0.554. The molecule has 8 heavy (non-hydrogen) atoms. The van der Waals surface area contributed by atoms with E-state index in [9.17, 15) is 0 Å². The minimum Gasteiger partial charge on any atom is -0.393 e. The predicted molar refractivity (Wildman–Crippen MR) is 35.7 cm³/mol. The third-order valence-corrected chi connectivity index (χ3v) is 0.880. The summed E-state index contributed by atoms with van der Waals surface area (Å²) in [4.78, 5) is 0. The van der Waals surface area contributed by atoms with Crippen molar-refractivity contribution in [3.8, 4) is 0 Å². The maximum atomic E-state index is 8.73. The summed E-state index contributed by atoms with van der Waals surface area (Å²) in [6.45, 7) is 3.87. The van der Waals surface area contributed by atoms with Crippen molar-refractivity contribution in [3.05, 3.63) is 12.2 Å². The first kappa shape index (κ1) is 7.70. The number of aliphatic hydroxyl groups excluding tert-OH is 1. The van der Waals surface area contributed by atoms with Gasteiger partial charge in [-0.25, -0.2) is 0 Å². The molecule has 0 aromatic carbocycles. The third kappa shape index (κ3) is 5.70. The normalized spacial score (nSPS) is 14.9. The van der Waals surface area contributed by atoms with Gasteiger partial charge in [-0.15, -0.1) is 0 Å². The van der Waals surface area contributed by atoms with Gasteiger partial charge in [0.25, 0.3) is 0 Å². The Hall–Kier alpha value is -0.300. The third-order valence-electron chi connectivity index (χ3n) is 0.880. The Balaban J connectivity index is 3.03. The van der Waals surface area contributed by atoms with Gasteiger partial charge in [-0.2, -0.15) is 0 Å². The van der Waals surface area contributed by atoms with Crippen LogP contribution < -0.4 is 0 Å². The van der Waals surface area contributed by atoms with E-state index in [4.69, 9.17) is 5.11 Å². The molecule has 0 heterocycles. The summed E-state index contributed by atoms with van der Waals surface area (Å²) in [5.41, 5.74) is 0. The van der Waals surface area contributed by atoms with Gasteiger partial charge in [0, 0.05) is 0 Å². The van der Waals surface area contributed by atoms with E-state index in [2.05, 4.69) is 13.0 Å². The fourth-order valence-electron chi connectivity index (χ4n) is 0.460. The highest BCUT2D eigenvalue weighted by Gasteiger charge is 1.86. The fourth-order valence-corrected chi connectivity index (χ4v) is 0.460. The van der Waals surface area contributed by atoms with Crippen LogP contribution in [0.1, 0.15) is 26.7 Å². The minimum absolute atomic E-state index is 0.183. The van der Waals surface area contributed by atoms with Crippen LogP contribution in [0, 0.1) is 0 Å². The largest absolute Gasteiger partial charge is 0.393 e. The highest BCUT2D eigenvalue weighted by atomic mass is 16.3. The standard InChI is InChI=1S/C7H14O/c1-3-4-5-6-7(2)8/h4-5,7-8H,3,6H2,1-2H3/b5-4-. The van der Waals surface area contributed by atoms with Crippen molar-refractivity contribution in [2.75, 3.05) is 0 Å². The first-order valence-corrected chi connectivity index (χ1v) is 3.10. The van der Waals surface area contributed by atoms with Crippen LogP contribution in [0.3, 0.4) is 0 Å². The summed E-state index contributed by atoms with van der Waals surface area (Å²) in [6.07, 6.45) is 5.73. The molecular formula is C7H14O. The summed E-state index contributed by atoms with van der Waals surface area (Å²) in [5.74, 6) is 0. The van der Waals surface area contributed by atoms with Gasteiger partial charge in [0.1, 0.15) is 0 Å². The minimum atomic E-state index is -0.183. The number of aliphatic hydroxyl groups is 1. The second-order valence-corrected chi connectivity index (χ2v) is 1.96. The van der Waals surface area contributed by atoms with Gasteiger partial charge < -0.3 is 5.11 Å². The Morgan fingerprint density at radius 1 is 1.50 bits per heavy atom. The Kier molecular flexibility index (Phi) is 4.67. The lowest BCUT2D eigenvalue weighted by atomic mass is 10.2. The van der Waals surface area contributed by atoms with Gasteiger partial charge in [0.15, 0.2) is 0 Å². The van der Waals surface area contributed by atoms with E-state index in [1.807, 2.05) is 6.08 Å². The molecule has 1 nitrogen and oxygen atoms in total. The van der Waals surface area contributed by atoms with Crippen molar-refractivity contribution in [2.24, 2.45) is 0 Å². The number of allylic oxidation sites excluding steroid dienone is 1. The zero-order valence-corrected chi connectivity index (χ0v) is 5.59. The molecule has 0 saturated heterocycles. The Bertz CT molecular complexity index is 64.8. The first-order valence-electron chi connectivity index (χ1n) is 3.10. The SMILES string of the molecule is CC/C=C\CC(C)O. The van der Waals surface area contributed by atoms with Crippen LogP contribution >= 0.6 is 0 Å². The average Bonchev–Trinajstić information content (AvgIpc) is 1.66. The lowest BCUT2D eigenvalue weighted by Crippen LogP contribution is -1.94. The van der Waals surface area contributed by atoms with Crippen LogP contribution in [-0.4, -0.2) is 11.2 Å². The second kappa shape index (κ2) is 4.85. The molecular weight excluding hydrogens is 100 g/mol. The van der Waals surface area contributed by atoms with Crippen molar-refractivity contribution >= 4 is 0 Å². The molecule has 0 saturated carbocycles. The van der Waals surface area contributed by atoms with Crippen LogP contribution in [-0.2, 0) is 0 Å². The summed E-state index contributed by atoms with van der Waals surface area (Å²) >= 11 is 0. The molecule has 0 aliphatic rings. The molecule has 0 radical (unpaired) electrons. The molecule has 48 valence electrons. The van der Waals surface area contributed by atoms with E-state index in [1.54, 1.807) is 6.92 Å². The zero-order valence-electron chi connectivity index (χ0n) is 5.59. The van der Waals surface area contributed by atoms with Crippen LogP contribution in [0.25, 0.3) is 0 Å². The van der Waals surface area contributed by atoms with E-state index in [0.29, 0.717) is 0 Å². The lowest BCUT2D eigenvalue weighted by Gasteiger charge is -1.94. The Morgan fingerprint density at radius 3 is 2.50 bits per heavy atom. The molecule has 1 atom stereocenters. The monoisotopic (exact) mass is 114 g/mol. The van der Waals surface area contributed by atoms with E-state index in [1.165, 1.54) is 0 Å². The van der Waals surface area contributed by atoms with Gasteiger partial charge in [-0.05, 0) is 19.8 Å². The highest BCUT2D eigenvalue weighted by Crippen LogP contribution is 1.91. The number of rotatable bonds is 3. The molecule has 0 aromatic heterocycles. The predicted octanol–water partition coefficient (Wildman–Crippen LogP) is 1.72. The first-order chi connectivity index (χ1) is 3.77. The van der Waals surface area contributed by atoms with Gasteiger partial charge in [-0.3, -0.25) is 0 Å². The van der Waals surface area contributed by atoms with Crippen LogP contribution in [0.2, 0.25) is 0 Å². The second-order valence-electron chi connectivity index (χ2n) is 1.96. The van der Waals surface area contributed by atoms with Gasteiger partial charge >= 0.3 is 0 Å². The maximum absolute atomic E-state index is 8.73. The molecule has 0 spiro atoms. The van der Waals surface area contributed by atoms with Crippen LogP contribution in [0.5, 0.6) is 0 Å². The zero-order chi connectivity index (χ0) is 6.41. The highest BCUT2D eigenvalue weighted by molar-refractivity contribution is 4.81. The van der Waals surface area contributed by atoms with Crippen molar-refractivity contribution in [1.82, 2.24) is 0 Å². The van der Waals surface area contributed by atoms with Crippen LogP contribution in [0.15, 0.2) is 12.2 Å². The average molecular weight is 114 g/mol. The van der Waals surface area contributed by atoms with Crippen molar-refractivity contribution < 1.29 is 5.11 Å². The summed E-state index contributed by atoms with van der Waals surface area (Å²) in [5, 5.41) is 8.73. The number of hydrogen-bond acceptors (Lipinski definition) is 1. The topological polar surface area (TPSA) is 20.2 Å². The van der Waals surface area contributed by atoms with E-state index < -0.39 is 0 Å². The van der Waals surface area contributed by atoms with E-state index >= 15 is 0 Å². The fraction of sp³-hybridized carbons (Fsp3) is 0.714. The molecule has 0 amide bonds. The molecule has 0 bridgehead atoms. The van der Waals surface area contributed by atoms with Gasteiger partial charge in [0.2, 0.25) is 0 Å². The van der Waals surface area contributed by atoms with Gasteiger partial charge in [0.05, 0.1) is 6.10 Å². The molecule has 0 aliphatic carbocycles. The molecule has 0 aliphatic heterocycles. The van der Waals surface area contributed by atoms with Crippen molar-refractivity contribution in [3.63, 3.8) is 0 Å². The summed E-state index contributed by atoms with van der Waals surface area (Å²) in [6, 6.07) is 0.